The number of phenolic OH excluding ortho intramolecular Hbond substituents is 1. The van der Waals surface area contributed by atoms with Crippen molar-refractivity contribution < 1.29 is 14.6 Å². The molecule has 8 nitrogen and oxygen atoms in total. The Hall–Kier alpha value is -2.94. The van der Waals surface area contributed by atoms with Crippen LogP contribution in [-0.4, -0.2) is 34.3 Å². The maximum absolute atomic E-state index is 11.8. The third-order valence-corrected chi connectivity index (χ3v) is 3.00. The number of methoxy groups -OCH3 is 1. The lowest BCUT2D eigenvalue weighted by Gasteiger charge is -2.03. The summed E-state index contributed by atoms with van der Waals surface area (Å²) in [7, 11) is 1.50. The van der Waals surface area contributed by atoms with Crippen LogP contribution < -0.4 is 15.7 Å². The predicted molar refractivity (Wildman–Crippen MR) is 86.3 cm³/mol. The van der Waals surface area contributed by atoms with Gasteiger partial charge in [-0.15, -0.1) is 0 Å². The summed E-state index contributed by atoms with van der Waals surface area (Å²) < 4.78 is 5.18. The monoisotopic (exact) mass is 334 g/mol. The van der Waals surface area contributed by atoms with E-state index >= 15 is 0 Å². The number of rotatable bonds is 5. The van der Waals surface area contributed by atoms with Crippen molar-refractivity contribution in [3.63, 3.8) is 0 Å². The molecule has 1 heterocycles. The van der Waals surface area contributed by atoms with Crippen molar-refractivity contribution in [1.29, 1.82) is 0 Å². The molecule has 0 saturated heterocycles. The molecule has 0 unspecified atom stereocenters. The van der Waals surface area contributed by atoms with E-state index < -0.39 is 5.91 Å². The quantitative estimate of drug-likeness (QED) is 0.367. The highest BCUT2D eigenvalue weighted by Crippen LogP contribution is 2.20. The molecule has 4 N–H and O–H groups in total. The van der Waals surface area contributed by atoms with Crippen LogP contribution in [-0.2, 0) is 11.2 Å². The van der Waals surface area contributed by atoms with Crippen molar-refractivity contribution in [2.45, 2.75) is 6.42 Å². The summed E-state index contributed by atoms with van der Waals surface area (Å²) in [5.41, 5.74) is 2.67. The van der Waals surface area contributed by atoms with E-state index in [0.29, 0.717) is 17.0 Å². The van der Waals surface area contributed by atoms with Crippen LogP contribution >= 0.6 is 12.2 Å². The number of hydrazone groups is 1. The van der Waals surface area contributed by atoms with Crippen LogP contribution in [0.3, 0.4) is 0 Å². The molecule has 0 spiro atoms. The van der Waals surface area contributed by atoms with Crippen molar-refractivity contribution in [3.8, 4) is 11.5 Å². The van der Waals surface area contributed by atoms with Crippen LogP contribution in [0.25, 0.3) is 0 Å². The first-order chi connectivity index (χ1) is 11.0. The van der Waals surface area contributed by atoms with Gasteiger partial charge in [0.25, 0.3) is 5.56 Å². The summed E-state index contributed by atoms with van der Waals surface area (Å²) in [5, 5.41) is 13.4. The lowest BCUT2D eigenvalue weighted by atomic mass is 10.2. The maximum atomic E-state index is 11.8. The van der Waals surface area contributed by atoms with Crippen LogP contribution in [0.5, 0.6) is 11.5 Å². The van der Waals surface area contributed by atoms with Gasteiger partial charge in [0.1, 0.15) is 11.5 Å². The highest BCUT2D eigenvalue weighted by atomic mass is 32.1. The number of aromatic amines is 2. The number of amides is 1. The molecule has 0 saturated carbocycles. The van der Waals surface area contributed by atoms with E-state index in [1.165, 1.54) is 25.5 Å². The molecule has 1 amide bonds. The standard InChI is InChI=1S/C14H14N4O4S/c1-22-10-2-3-11(19)8(4-10)7-15-18-13(21)6-9-5-12(20)17-14(23)16-9/h2-5,7,19H,6H2,1H3,(H,18,21)(H2,16,17,20,23)/b15-7+. The summed E-state index contributed by atoms with van der Waals surface area (Å²) in [6.45, 7) is 0. The molecule has 2 rings (SSSR count). The largest absolute Gasteiger partial charge is 0.507 e. The van der Waals surface area contributed by atoms with Crippen LogP contribution in [0, 0.1) is 4.77 Å². The molecule has 0 aliphatic rings. The van der Waals surface area contributed by atoms with Gasteiger partial charge in [0, 0.05) is 17.3 Å². The summed E-state index contributed by atoms with van der Waals surface area (Å²) in [4.78, 5) is 28.1. The SMILES string of the molecule is COc1ccc(O)c(/C=N/NC(=O)Cc2cc(=O)[nH]c(=S)[nH]2)c1. The smallest absolute Gasteiger partial charge is 0.251 e. The Kier molecular flexibility index (Phi) is 5.26. The highest BCUT2D eigenvalue weighted by molar-refractivity contribution is 7.71. The third-order valence-electron chi connectivity index (χ3n) is 2.79. The van der Waals surface area contributed by atoms with Gasteiger partial charge < -0.3 is 14.8 Å². The number of H-pyrrole nitrogens is 2. The minimum atomic E-state index is -0.445. The summed E-state index contributed by atoms with van der Waals surface area (Å²) in [6, 6.07) is 5.87. The van der Waals surface area contributed by atoms with E-state index in [1.54, 1.807) is 12.1 Å². The van der Waals surface area contributed by atoms with Gasteiger partial charge in [0.2, 0.25) is 5.91 Å². The van der Waals surface area contributed by atoms with Gasteiger partial charge in [0.15, 0.2) is 4.77 Å². The molecule has 120 valence electrons. The lowest BCUT2D eigenvalue weighted by Crippen LogP contribution is -2.21. The van der Waals surface area contributed by atoms with Crippen LogP contribution in [0.2, 0.25) is 0 Å². The zero-order valence-corrected chi connectivity index (χ0v) is 12.9. The molecule has 1 aromatic carbocycles. The molecule has 23 heavy (non-hydrogen) atoms. The fourth-order valence-corrected chi connectivity index (χ4v) is 2.00. The second kappa shape index (κ2) is 7.36. The van der Waals surface area contributed by atoms with Crippen molar-refractivity contribution in [2.24, 2.45) is 5.10 Å². The summed E-state index contributed by atoms with van der Waals surface area (Å²) in [5.74, 6) is 0.106. The number of hydrogen-bond donors (Lipinski definition) is 4. The number of aromatic hydroxyl groups is 1. The van der Waals surface area contributed by atoms with Crippen LogP contribution in [0.15, 0.2) is 34.2 Å². The molecule has 1 aromatic heterocycles. The van der Waals surface area contributed by atoms with Gasteiger partial charge in [-0.2, -0.15) is 5.10 Å². The van der Waals surface area contributed by atoms with Gasteiger partial charge in [-0.25, -0.2) is 5.43 Å². The van der Waals surface area contributed by atoms with Gasteiger partial charge in [-0.05, 0) is 30.4 Å². The Balaban J connectivity index is 2.01. The average molecular weight is 334 g/mol. The second-order valence-corrected chi connectivity index (χ2v) is 4.92. The van der Waals surface area contributed by atoms with Crippen molar-refractivity contribution in [2.75, 3.05) is 7.11 Å². The number of nitrogens with zero attached hydrogens (tertiary/aromatic N) is 1. The minimum absolute atomic E-state index is 0.00229. The number of carbonyl (C=O) groups excluding carboxylic acids is 1. The van der Waals surface area contributed by atoms with Crippen molar-refractivity contribution in [1.82, 2.24) is 15.4 Å². The van der Waals surface area contributed by atoms with Crippen molar-refractivity contribution >= 4 is 24.3 Å². The van der Waals surface area contributed by atoms with Gasteiger partial charge in [-0.1, -0.05) is 0 Å². The first-order valence-electron chi connectivity index (χ1n) is 6.49. The number of carbonyl (C=O) groups is 1. The summed E-state index contributed by atoms with van der Waals surface area (Å²) in [6.07, 6.45) is 1.20. The molecule has 2 aromatic rings. The molecule has 0 aliphatic heterocycles. The first kappa shape index (κ1) is 16.4. The van der Waals surface area contributed by atoms with E-state index in [9.17, 15) is 14.7 Å². The van der Waals surface area contributed by atoms with Crippen molar-refractivity contribution in [3.05, 3.63) is 50.6 Å². The van der Waals surface area contributed by atoms with E-state index in [-0.39, 0.29) is 22.5 Å². The molecule has 0 fully saturated rings. The topological polar surface area (TPSA) is 120 Å². The molecule has 0 atom stereocenters. The zero-order valence-electron chi connectivity index (χ0n) is 12.1. The predicted octanol–water partition coefficient (Wildman–Crippen LogP) is 0.839. The van der Waals surface area contributed by atoms with Crippen LogP contribution in [0.1, 0.15) is 11.3 Å². The molecule has 9 heteroatoms. The lowest BCUT2D eigenvalue weighted by molar-refractivity contribution is -0.120. The molecular weight excluding hydrogens is 320 g/mol. The normalized spacial score (nSPS) is 10.7. The highest BCUT2D eigenvalue weighted by Gasteiger charge is 2.04. The Bertz CT molecular complexity index is 828. The fraction of sp³-hybridized carbons (Fsp3) is 0.143. The van der Waals surface area contributed by atoms with E-state index in [4.69, 9.17) is 17.0 Å². The fourth-order valence-electron chi connectivity index (χ4n) is 1.76. The zero-order chi connectivity index (χ0) is 16.8. The number of hydrogen-bond acceptors (Lipinski definition) is 6. The molecule has 0 radical (unpaired) electrons. The molecule has 0 aliphatic carbocycles. The van der Waals surface area contributed by atoms with Crippen LogP contribution in [0.4, 0.5) is 0 Å². The number of ether oxygens (including phenoxy) is 1. The Morgan fingerprint density at radius 3 is 2.91 bits per heavy atom. The maximum Gasteiger partial charge on any atom is 0.251 e. The number of benzene rings is 1. The molecule has 0 bridgehead atoms. The van der Waals surface area contributed by atoms with Gasteiger partial charge in [0.05, 0.1) is 19.7 Å². The van der Waals surface area contributed by atoms with Gasteiger partial charge in [-0.3, -0.25) is 14.6 Å². The van der Waals surface area contributed by atoms with E-state index in [0.717, 1.165) is 0 Å². The first-order valence-corrected chi connectivity index (χ1v) is 6.90. The molecular formula is C14H14N4O4S. The Morgan fingerprint density at radius 1 is 1.43 bits per heavy atom. The Labute approximate surface area is 135 Å². The third kappa shape index (κ3) is 4.78. The Morgan fingerprint density at radius 2 is 2.22 bits per heavy atom. The number of phenols is 1. The van der Waals surface area contributed by atoms with E-state index in [2.05, 4.69) is 20.5 Å². The summed E-state index contributed by atoms with van der Waals surface area (Å²) >= 11 is 4.82. The average Bonchev–Trinajstić information content (AvgIpc) is 2.48. The number of aromatic nitrogens is 2. The minimum Gasteiger partial charge on any atom is -0.507 e. The van der Waals surface area contributed by atoms with E-state index in [1.807, 2.05) is 0 Å². The van der Waals surface area contributed by atoms with Gasteiger partial charge >= 0.3 is 0 Å². The number of nitrogens with one attached hydrogen (secondary N) is 3. The second-order valence-electron chi connectivity index (χ2n) is 4.51.